The van der Waals surface area contributed by atoms with E-state index in [1.165, 1.54) is 154 Å². The van der Waals surface area contributed by atoms with Gasteiger partial charge < -0.3 is 18.9 Å². The monoisotopic (exact) mass is 1140 g/mol. The van der Waals surface area contributed by atoms with Gasteiger partial charge in [0.25, 0.3) is 0 Å². The lowest BCUT2D eigenvalue weighted by Crippen LogP contribution is -2.37. The van der Waals surface area contributed by atoms with Gasteiger partial charge >= 0.3 is 19.8 Å². The van der Waals surface area contributed by atoms with Crippen LogP contribution >= 0.6 is 7.82 Å². The predicted octanol–water partition coefficient (Wildman–Crippen LogP) is 21.2. The highest BCUT2D eigenvalue weighted by molar-refractivity contribution is 7.47. The molecular weight excluding hydrogens is 1010 g/mol. The molecule has 0 bridgehead atoms. The van der Waals surface area contributed by atoms with Crippen LogP contribution in [0.1, 0.15) is 284 Å². The zero-order valence-corrected chi connectivity index (χ0v) is 53.4. The van der Waals surface area contributed by atoms with Crippen molar-refractivity contribution in [3.05, 3.63) is 97.2 Å². The molecular formula is C70H125NO8P+. The Labute approximate surface area is 493 Å². The van der Waals surface area contributed by atoms with Crippen molar-refractivity contribution < 1.29 is 42.1 Å². The Morgan fingerprint density at radius 1 is 0.388 bits per heavy atom. The van der Waals surface area contributed by atoms with Gasteiger partial charge in [0.1, 0.15) is 19.8 Å². The molecule has 0 aromatic heterocycles. The quantitative estimate of drug-likeness (QED) is 0.0211. The lowest BCUT2D eigenvalue weighted by Gasteiger charge is -2.24. The molecule has 10 heteroatoms. The fourth-order valence-electron chi connectivity index (χ4n) is 9.12. The molecule has 2 atom stereocenters. The molecule has 0 aliphatic heterocycles. The van der Waals surface area contributed by atoms with E-state index in [-0.39, 0.29) is 32.0 Å². The van der Waals surface area contributed by atoms with Gasteiger partial charge in [0.05, 0.1) is 27.7 Å². The lowest BCUT2D eigenvalue weighted by atomic mass is 10.0. The fraction of sp³-hybridized carbons (Fsp3) is 0.743. The maximum atomic E-state index is 12.9. The summed E-state index contributed by atoms with van der Waals surface area (Å²) in [5.41, 5.74) is 0. The molecule has 0 saturated heterocycles. The van der Waals surface area contributed by atoms with Crippen LogP contribution in [0.4, 0.5) is 0 Å². The second-order valence-electron chi connectivity index (χ2n) is 23.1. The number of hydrogen-bond donors (Lipinski definition) is 1. The molecule has 0 aliphatic rings. The molecule has 0 heterocycles. The van der Waals surface area contributed by atoms with Crippen LogP contribution in [0.5, 0.6) is 0 Å². The molecule has 9 nitrogen and oxygen atoms in total. The highest BCUT2D eigenvalue weighted by Gasteiger charge is 2.27. The Hall–Kier alpha value is -3.07. The summed E-state index contributed by atoms with van der Waals surface area (Å²) in [4.78, 5) is 35.8. The average Bonchev–Trinajstić information content (AvgIpc) is 3.42. The summed E-state index contributed by atoms with van der Waals surface area (Å²) >= 11 is 0. The normalized spacial score (nSPS) is 13.8. The molecule has 0 radical (unpaired) electrons. The van der Waals surface area contributed by atoms with E-state index in [9.17, 15) is 19.0 Å². The second kappa shape index (κ2) is 60.5. The van der Waals surface area contributed by atoms with Gasteiger partial charge in [-0.3, -0.25) is 18.6 Å². The second-order valence-corrected chi connectivity index (χ2v) is 24.5. The number of likely N-dealkylation sites (N-methyl/N-ethyl adjacent to an activating group) is 1. The van der Waals surface area contributed by atoms with Gasteiger partial charge in [-0.05, 0) is 89.9 Å². The van der Waals surface area contributed by atoms with Crippen molar-refractivity contribution in [1.82, 2.24) is 0 Å². The van der Waals surface area contributed by atoms with Crippen LogP contribution < -0.4 is 0 Å². The first kappa shape index (κ1) is 76.9. The minimum absolute atomic E-state index is 0.0281. The molecule has 0 rings (SSSR count). The van der Waals surface area contributed by atoms with Crippen molar-refractivity contribution in [1.29, 1.82) is 0 Å². The SMILES string of the molecule is CC/C=C\C/C=C\C/C=C\C/C=C\CCCCCCCCCCCCCCCCCCCCCCCCC(=O)OC(COC(=O)CCCCCCCCCC/C=C\C/C=C\C/C=C\C/C=C\CC)COP(=O)(O)OCC[N+](C)(C)C. The van der Waals surface area contributed by atoms with Crippen LogP contribution in [-0.4, -0.2) is 74.9 Å². The lowest BCUT2D eigenvalue weighted by molar-refractivity contribution is -0.870. The molecule has 0 aromatic rings. The first-order valence-electron chi connectivity index (χ1n) is 33.0. The van der Waals surface area contributed by atoms with E-state index in [1.807, 2.05) is 21.1 Å². The number of ether oxygens (including phenoxy) is 2. The predicted molar refractivity (Wildman–Crippen MR) is 344 cm³/mol. The van der Waals surface area contributed by atoms with Crippen molar-refractivity contribution in [3.8, 4) is 0 Å². The number of rotatable bonds is 60. The van der Waals surface area contributed by atoms with Gasteiger partial charge in [-0.2, -0.15) is 0 Å². The van der Waals surface area contributed by atoms with Crippen molar-refractivity contribution in [2.75, 3.05) is 47.5 Å². The van der Waals surface area contributed by atoms with Gasteiger partial charge in [-0.15, -0.1) is 0 Å². The molecule has 0 aliphatic carbocycles. The first-order chi connectivity index (χ1) is 39.0. The molecule has 1 N–H and O–H groups in total. The van der Waals surface area contributed by atoms with E-state index in [0.29, 0.717) is 17.4 Å². The molecule has 0 saturated carbocycles. The summed E-state index contributed by atoms with van der Waals surface area (Å²) in [5.74, 6) is -0.800. The number of carbonyl (C=O) groups excluding carboxylic acids is 2. The van der Waals surface area contributed by atoms with Crippen molar-refractivity contribution in [2.24, 2.45) is 0 Å². The zero-order chi connectivity index (χ0) is 58.4. The summed E-state index contributed by atoms with van der Waals surface area (Å²) in [5, 5.41) is 0. The Balaban J connectivity index is 4.02. The minimum Gasteiger partial charge on any atom is -0.462 e. The highest BCUT2D eigenvalue weighted by atomic mass is 31.2. The maximum Gasteiger partial charge on any atom is 0.472 e. The summed E-state index contributed by atoms with van der Waals surface area (Å²) < 4.78 is 34.7. The Kier molecular flexibility index (Phi) is 58.2. The summed E-state index contributed by atoms with van der Waals surface area (Å²) in [6.45, 7) is 4.22. The minimum atomic E-state index is -4.39. The van der Waals surface area contributed by atoms with Crippen molar-refractivity contribution in [2.45, 2.75) is 290 Å². The van der Waals surface area contributed by atoms with Crippen LogP contribution in [0.2, 0.25) is 0 Å². The summed E-state index contributed by atoms with van der Waals surface area (Å²) in [7, 11) is 1.47. The van der Waals surface area contributed by atoms with E-state index < -0.39 is 26.5 Å². The zero-order valence-electron chi connectivity index (χ0n) is 52.5. The molecule has 0 aromatic carbocycles. The van der Waals surface area contributed by atoms with E-state index >= 15 is 0 Å². The number of nitrogens with zero attached hydrogens (tertiary/aromatic N) is 1. The molecule has 0 spiro atoms. The third-order valence-electron chi connectivity index (χ3n) is 14.1. The largest absolute Gasteiger partial charge is 0.472 e. The number of quaternary nitrogens is 1. The summed E-state index contributed by atoms with van der Waals surface area (Å²) in [6, 6.07) is 0. The number of allylic oxidation sites excluding steroid dienone is 16. The first-order valence-corrected chi connectivity index (χ1v) is 34.5. The third kappa shape index (κ3) is 64.1. The van der Waals surface area contributed by atoms with Gasteiger partial charge in [-0.25, -0.2) is 4.57 Å². The van der Waals surface area contributed by atoms with Gasteiger partial charge in [-0.1, -0.05) is 278 Å². The van der Waals surface area contributed by atoms with Crippen LogP contribution in [0.15, 0.2) is 97.2 Å². The Morgan fingerprint density at radius 2 is 0.675 bits per heavy atom. The van der Waals surface area contributed by atoms with Gasteiger partial charge in [0, 0.05) is 12.8 Å². The molecule has 462 valence electrons. The van der Waals surface area contributed by atoms with Crippen LogP contribution in [0.3, 0.4) is 0 Å². The maximum absolute atomic E-state index is 12.9. The fourth-order valence-corrected chi connectivity index (χ4v) is 9.86. The Morgan fingerprint density at radius 3 is 1.00 bits per heavy atom. The highest BCUT2D eigenvalue weighted by Crippen LogP contribution is 2.43. The molecule has 0 amide bonds. The van der Waals surface area contributed by atoms with E-state index in [4.69, 9.17) is 18.5 Å². The van der Waals surface area contributed by atoms with Crippen LogP contribution in [-0.2, 0) is 32.7 Å². The Bertz CT molecular complexity index is 1670. The van der Waals surface area contributed by atoms with Gasteiger partial charge in [0.2, 0.25) is 0 Å². The number of phosphoric ester groups is 1. The number of esters is 2. The number of phosphoric acid groups is 1. The topological polar surface area (TPSA) is 108 Å². The summed E-state index contributed by atoms with van der Waals surface area (Å²) in [6.07, 6.45) is 83.6. The smallest absolute Gasteiger partial charge is 0.462 e. The molecule has 80 heavy (non-hydrogen) atoms. The van der Waals surface area contributed by atoms with Crippen LogP contribution in [0, 0.1) is 0 Å². The van der Waals surface area contributed by atoms with E-state index in [2.05, 4.69) is 111 Å². The average molecular weight is 1140 g/mol. The van der Waals surface area contributed by atoms with E-state index in [0.717, 1.165) is 96.3 Å². The standard InChI is InChI=1S/C70H124NO8P/c1-6-8-10-12-14-16-18-20-22-24-26-28-29-30-31-32-33-34-35-36-37-38-39-40-41-43-45-47-49-51-53-55-57-59-61-63-70(73)79-68(67-78-80(74,75)77-65-64-71(3,4)5)66-76-69(72)62-60-58-56-54-52-50-48-46-44-42-27-25-23-21-19-17-15-13-11-9-7-2/h8-11,14-17,20-23,26-28,42,68H,6-7,12-13,18-19,24-25,29-41,43-67H2,1-5H3/p+1/b10-8-,11-9-,16-14-,17-15-,22-20-,23-21-,28-26-,42-27-. The number of unbranched alkanes of at least 4 members (excludes halogenated alkanes) is 30. The third-order valence-corrected chi connectivity index (χ3v) is 15.1. The van der Waals surface area contributed by atoms with Crippen molar-refractivity contribution in [3.63, 3.8) is 0 Å². The van der Waals surface area contributed by atoms with Crippen molar-refractivity contribution >= 4 is 19.8 Å². The molecule has 0 fully saturated rings. The number of carbonyl (C=O) groups is 2. The van der Waals surface area contributed by atoms with Crippen LogP contribution in [0.25, 0.3) is 0 Å². The molecule has 2 unspecified atom stereocenters. The van der Waals surface area contributed by atoms with E-state index in [1.54, 1.807) is 0 Å². The number of hydrogen-bond acceptors (Lipinski definition) is 7. The van der Waals surface area contributed by atoms with Gasteiger partial charge in [0.15, 0.2) is 6.10 Å².